The SMILES string of the molecule is CC/C=C(\C)C(=O)NC1Cc2ccc3c(c2)C24c5cccc(c5N[C@H]2O3)-c2cccc3c2C(=CC3)c2cnc(o2)-c2nc(oc24)[C@H](C(C)C)NC1=O. The molecule has 6 heterocycles. The van der Waals surface area contributed by atoms with E-state index in [0.717, 1.165) is 51.1 Å². The Hall–Kier alpha value is -5.90. The van der Waals surface area contributed by atoms with E-state index in [1.807, 2.05) is 39.0 Å². The van der Waals surface area contributed by atoms with E-state index in [1.54, 1.807) is 13.1 Å². The smallest absolute Gasteiger partial charge is 0.249 e. The average molecular weight is 692 g/mol. The van der Waals surface area contributed by atoms with Crippen molar-refractivity contribution in [3.05, 3.63) is 124 Å². The summed E-state index contributed by atoms with van der Waals surface area (Å²) >= 11 is 0. The van der Waals surface area contributed by atoms with Gasteiger partial charge >= 0.3 is 0 Å². The molecule has 10 rings (SSSR count). The number of nitrogens with one attached hydrogen (secondary N) is 3. The van der Waals surface area contributed by atoms with Crippen LogP contribution >= 0.6 is 0 Å². The predicted octanol–water partition coefficient (Wildman–Crippen LogP) is 6.99. The number of benzene rings is 3. The van der Waals surface area contributed by atoms with Crippen molar-refractivity contribution in [3.63, 3.8) is 0 Å². The van der Waals surface area contributed by atoms with Gasteiger partial charge in [-0.3, -0.25) is 9.59 Å². The molecule has 260 valence electrons. The molecule has 10 heteroatoms. The van der Waals surface area contributed by atoms with Crippen LogP contribution in [0.3, 0.4) is 0 Å². The normalized spacial score (nSPS) is 23.0. The first kappa shape index (κ1) is 30.9. The van der Waals surface area contributed by atoms with Crippen LogP contribution in [0.25, 0.3) is 28.3 Å². The molecule has 0 fully saturated rings. The maximum atomic E-state index is 14.2. The lowest BCUT2D eigenvalue weighted by Crippen LogP contribution is -2.49. The van der Waals surface area contributed by atoms with Crippen molar-refractivity contribution in [1.82, 2.24) is 20.6 Å². The summed E-state index contributed by atoms with van der Waals surface area (Å²) in [7, 11) is 0. The number of allylic oxidation sites excluding steroid dienone is 2. The number of oxazole rings is 2. The van der Waals surface area contributed by atoms with Crippen molar-refractivity contribution in [3.8, 4) is 28.5 Å². The molecule has 3 N–H and O–H groups in total. The van der Waals surface area contributed by atoms with Gasteiger partial charge in [-0.25, -0.2) is 9.97 Å². The van der Waals surface area contributed by atoms with Gasteiger partial charge in [0, 0.05) is 39.9 Å². The summed E-state index contributed by atoms with van der Waals surface area (Å²) in [5, 5.41) is 10.0. The van der Waals surface area contributed by atoms with Crippen molar-refractivity contribution in [1.29, 1.82) is 0 Å². The molecule has 52 heavy (non-hydrogen) atoms. The molecule has 10 nitrogen and oxygen atoms in total. The molecular formula is C42H37N5O5. The van der Waals surface area contributed by atoms with Gasteiger partial charge < -0.3 is 29.5 Å². The van der Waals surface area contributed by atoms with Crippen molar-refractivity contribution >= 4 is 23.1 Å². The third-order valence-electron chi connectivity index (χ3n) is 11.2. The fraction of sp³-hybridized carbons (Fsp3) is 0.286. The first-order valence-corrected chi connectivity index (χ1v) is 18.0. The zero-order chi connectivity index (χ0) is 35.5. The van der Waals surface area contributed by atoms with Crippen LogP contribution in [0.1, 0.15) is 85.4 Å². The molecule has 3 aromatic carbocycles. The van der Waals surface area contributed by atoms with Crippen molar-refractivity contribution < 1.29 is 23.2 Å². The Morgan fingerprint density at radius 3 is 2.77 bits per heavy atom. The number of carbonyl (C=O) groups is 2. The molecule has 2 amide bonds. The van der Waals surface area contributed by atoms with Crippen molar-refractivity contribution in [2.45, 2.75) is 70.7 Å². The van der Waals surface area contributed by atoms with Crippen LogP contribution in [0.4, 0.5) is 5.69 Å². The maximum Gasteiger partial charge on any atom is 0.249 e. The van der Waals surface area contributed by atoms with E-state index < -0.39 is 23.7 Å². The monoisotopic (exact) mass is 691 g/mol. The first-order chi connectivity index (χ1) is 25.3. The number of hydrogen-bond acceptors (Lipinski definition) is 8. The molecule has 2 unspecified atom stereocenters. The molecule has 1 spiro atoms. The molecule has 0 saturated heterocycles. The second-order valence-electron chi connectivity index (χ2n) is 14.7. The lowest BCUT2D eigenvalue weighted by molar-refractivity contribution is -0.128. The fourth-order valence-corrected chi connectivity index (χ4v) is 8.78. The molecule has 4 atom stereocenters. The Labute approximate surface area is 300 Å². The fourth-order valence-electron chi connectivity index (χ4n) is 8.78. The molecule has 0 saturated carbocycles. The summed E-state index contributed by atoms with van der Waals surface area (Å²) < 4.78 is 20.5. The second-order valence-corrected chi connectivity index (χ2v) is 14.7. The summed E-state index contributed by atoms with van der Waals surface area (Å²) in [4.78, 5) is 37.5. The highest BCUT2D eigenvalue weighted by Gasteiger charge is 2.61. The molecule has 4 aliphatic heterocycles. The summed E-state index contributed by atoms with van der Waals surface area (Å²) in [6.45, 7) is 7.76. The van der Waals surface area contributed by atoms with Crippen LogP contribution in [0.15, 0.2) is 87.4 Å². The molecule has 10 bridgehead atoms. The molecule has 5 aromatic rings. The van der Waals surface area contributed by atoms with Gasteiger partial charge in [-0.2, -0.15) is 0 Å². The third-order valence-corrected chi connectivity index (χ3v) is 11.2. The van der Waals surface area contributed by atoms with Gasteiger partial charge in [-0.05, 0) is 54.0 Å². The van der Waals surface area contributed by atoms with Crippen molar-refractivity contribution in [2.75, 3.05) is 5.32 Å². The third kappa shape index (κ3) is 4.17. The quantitative estimate of drug-likeness (QED) is 0.172. The molecule has 0 radical (unpaired) electrons. The molecule has 2 aromatic heterocycles. The first-order valence-electron chi connectivity index (χ1n) is 18.0. The Morgan fingerprint density at radius 1 is 1.08 bits per heavy atom. The van der Waals surface area contributed by atoms with Gasteiger partial charge in [0.05, 0.1) is 6.20 Å². The van der Waals surface area contributed by atoms with Crippen molar-refractivity contribution in [2.24, 2.45) is 5.92 Å². The van der Waals surface area contributed by atoms with E-state index in [-0.39, 0.29) is 24.2 Å². The summed E-state index contributed by atoms with van der Waals surface area (Å²) in [6, 6.07) is 17.3. The van der Waals surface area contributed by atoms with E-state index in [9.17, 15) is 9.59 Å². The highest BCUT2D eigenvalue weighted by Crippen LogP contribution is 2.61. The predicted molar refractivity (Wildman–Crippen MR) is 194 cm³/mol. The average Bonchev–Trinajstić information content (AvgIpc) is 3.96. The highest BCUT2D eigenvalue weighted by molar-refractivity contribution is 5.98. The number of fused-ring (bicyclic) bond motifs is 7. The van der Waals surface area contributed by atoms with E-state index in [4.69, 9.17) is 23.5 Å². The minimum atomic E-state index is -1.01. The number of aromatic nitrogens is 2. The van der Waals surface area contributed by atoms with Gasteiger partial charge in [0.15, 0.2) is 23.4 Å². The minimum absolute atomic E-state index is 0.120. The zero-order valence-electron chi connectivity index (χ0n) is 29.3. The van der Waals surface area contributed by atoms with Crippen LogP contribution in [0.5, 0.6) is 5.75 Å². The van der Waals surface area contributed by atoms with Crippen LogP contribution < -0.4 is 20.7 Å². The van der Waals surface area contributed by atoms with Gasteiger partial charge in [-0.15, -0.1) is 0 Å². The number of rotatable bonds is 4. The summed E-state index contributed by atoms with van der Waals surface area (Å²) in [5.41, 5.74) is 9.16. The number of ether oxygens (including phenoxy) is 1. The highest BCUT2D eigenvalue weighted by atomic mass is 16.5. The van der Waals surface area contributed by atoms with Gasteiger partial charge in [0.1, 0.15) is 23.2 Å². The second kappa shape index (κ2) is 11.0. The minimum Gasteiger partial charge on any atom is -0.469 e. The number of nitrogens with zero attached hydrogens (tertiary/aromatic N) is 2. The number of amides is 2. The van der Waals surface area contributed by atoms with Crippen LogP contribution in [-0.4, -0.2) is 34.1 Å². The maximum absolute atomic E-state index is 14.2. The Kier molecular flexibility index (Phi) is 6.56. The van der Waals surface area contributed by atoms with E-state index in [1.165, 1.54) is 5.56 Å². The lowest BCUT2D eigenvalue weighted by Gasteiger charge is -2.29. The standard InChI is InChI=1S/C42H37N5O5/c1-5-8-21(4)37(48)44-29-18-22-13-16-30-28(17-22)42-27-12-7-11-25(34(27)47-41(42)51-30)24-10-6-9-23-14-15-26(32(23)24)31-19-43-39(50-31)35-36(42)52-40(46-35)33(20(2)3)45-38(29)49/h6-13,15-17,19-20,29,33,41,47H,5,14,18H2,1-4H3,(H,44,48)(H,45,49)/b21-8+/t29?,33-,41-,42?/m0/s1. The Morgan fingerprint density at radius 2 is 1.92 bits per heavy atom. The zero-order valence-corrected chi connectivity index (χ0v) is 29.3. The number of carbonyl (C=O) groups excluding carboxylic acids is 2. The molecule has 5 aliphatic rings. The molecule has 1 aliphatic carbocycles. The van der Waals surface area contributed by atoms with Gasteiger partial charge in [0.25, 0.3) is 0 Å². The summed E-state index contributed by atoms with van der Waals surface area (Å²) in [5.74, 6) is 1.78. The number of anilines is 1. The van der Waals surface area contributed by atoms with Gasteiger partial charge in [0.2, 0.25) is 23.6 Å². The van der Waals surface area contributed by atoms with Crippen LogP contribution in [0.2, 0.25) is 0 Å². The number of hydrogen-bond donors (Lipinski definition) is 3. The van der Waals surface area contributed by atoms with Gasteiger partial charge in [-0.1, -0.05) is 81.5 Å². The lowest BCUT2D eigenvalue weighted by atomic mass is 9.72. The molecular weight excluding hydrogens is 654 g/mol. The van der Waals surface area contributed by atoms with E-state index in [0.29, 0.717) is 46.7 Å². The van der Waals surface area contributed by atoms with Crippen LogP contribution in [0, 0.1) is 5.92 Å². The topological polar surface area (TPSA) is 132 Å². The summed E-state index contributed by atoms with van der Waals surface area (Å²) in [6.07, 6.45) is 6.99. The van der Waals surface area contributed by atoms with E-state index in [2.05, 4.69) is 64.5 Å². The van der Waals surface area contributed by atoms with E-state index >= 15 is 0 Å². The Bertz CT molecular complexity index is 2430. The number of para-hydroxylation sites is 1. The van der Waals surface area contributed by atoms with Crippen LogP contribution in [-0.2, 0) is 27.8 Å². The largest absolute Gasteiger partial charge is 0.469 e. The Balaban J connectivity index is 1.27.